The molecule has 1 aliphatic rings. The first-order valence-corrected chi connectivity index (χ1v) is 8.30. The van der Waals surface area contributed by atoms with Gasteiger partial charge in [-0.1, -0.05) is 19.4 Å². The molecule has 2 unspecified atom stereocenters. The lowest BCUT2D eigenvalue weighted by atomic mass is 9.85. The van der Waals surface area contributed by atoms with Gasteiger partial charge in [0, 0.05) is 5.88 Å². The van der Waals surface area contributed by atoms with Gasteiger partial charge in [0.25, 0.3) is 0 Å². The Hall–Kier alpha value is -0.890. The molecule has 0 bridgehead atoms. The van der Waals surface area contributed by atoms with Gasteiger partial charge in [0.2, 0.25) is 0 Å². The largest absolute Gasteiger partial charge is 0.490 e. The lowest BCUT2D eigenvalue weighted by Crippen LogP contribution is -2.30. The van der Waals surface area contributed by atoms with Crippen LogP contribution in [0.5, 0.6) is 11.5 Å². The monoisotopic (exact) mass is 296 g/mol. The third-order valence-corrected chi connectivity index (χ3v) is 4.41. The fourth-order valence-electron chi connectivity index (χ4n) is 2.96. The molecule has 1 aliphatic carbocycles. The standard InChI is InChI=1S/C17H25ClO2/c1-3-14-7-5-6-8-15(14)20-16-10-9-13(12-18)11-17(16)19-4-2/h9-11,14-15H,3-8,12H2,1-2H3. The number of hydrogen-bond donors (Lipinski definition) is 0. The minimum absolute atomic E-state index is 0.329. The molecule has 0 aliphatic heterocycles. The van der Waals surface area contributed by atoms with Crippen molar-refractivity contribution < 1.29 is 9.47 Å². The van der Waals surface area contributed by atoms with E-state index in [4.69, 9.17) is 21.1 Å². The predicted molar refractivity (Wildman–Crippen MR) is 83.8 cm³/mol. The van der Waals surface area contributed by atoms with Crippen molar-refractivity contribution >= 4 is 11.6 Å². The molecule has 1 aromatic carbocycles. The zero-order valence-electron chi connectivity index (χ0n) is 12.5. The third-order valence-electron chi connectivity index (χ3n) is 4.10. The maximum atomic E-state index is 6.27. The first kappa shape index (κ1) is 15.5. The van der Waals surface area contributed by atoms with Crippen molar-refractivity contribution in [3.8, 4) is 11.5 Å². The Kier molecular flexibility index (Phi) is 6.03. The van der Waals surface area contributed by atoms with E-state index in [9.17, 15) is 0 Å². The molecule has 1 saturated carbocycles. The summed E-state index contributed by atoms with van der Waals surface area (Å²) in [4.78, 5) is 0. The van der Waals surface area contributed by atoms with E-state index in [0.29, 0.717) is 24.5 Å². The van der Waals surface area contributed by atoms with Gasteiger partial charge in [0.1, 0.15) is 6.10 Å². The van der Waals surface area contributed by atoms with Crippen molar-refractivity contribution in [2.24, 2.45) is 5.92 Å². The van der Waals surface area contributed by atoms with Gasteiger partial charge in [-0.15, -0.1) is 11.6 Å². The van der Waals surface area contributed by atoms with Crippen LogP contribution < -0.4 is 9.47 Å². The van der Waals surface area contributed by atoms with Gasteiger partial charge in [-0.2, -0.15) is 0 Å². The Morgan fingerprint density at radius 3 is 2.65 bits per heavy atom. The van der Waals surface area contributed by atoms with Gasteiger partial charge in [-0.25, -0.2) is 0 Å². The van der Waals surface area contributed by atoms with Crippen LogP contribution in [0.2, 0.25) is 0 Å². The van der Waals surface area contributed by atoms with Gasteiger partial charge in [0.15, 0.2) is 11.5 Å². The van der Waals surface area contributed by atoms with Crippen LogP contribution in [0.15, 0.2) is 18.2 Å². The number of ether oxygens (including phenoxy) is 2. The molecule has 1 fully saturated rings. The zero-order chi connectivity index (χ0) is 14.4. The summed E-state index contributed by atoms with van der Waals surface area (Å²) in [5, 5.41) is 0. The molecule has 0 radical (unpaired) electrons. The summed E-state index contributed by atoms with van der Waals surface area (Å²) in [5.41, 5.74) is 1.07. The van der Waals surface area contributed by atoms with Gasteiger partial charge in [-0.3, -0.25) is 0 Å². The van der Waals surface area contributed by atoms with Crippen LogP contribution in [0.1, 0.15) is 51.5 Å². The molecule has 3 heteroatoms. The molecular formula is C17H25ClO2. The summed E-state index contributed by atoms with van der Waals surface area (Å²) in [6.45, 7) is 4.89. The van der Waals surface area contributed by atoms with Crippen LogP contribution in [0, 0.1) is 5.92 Å². The van der Waals surface area contributed by atoms with Crippen molar-refractivity contribution in [2.45, 2.75) is 57.9 Å². The second-order valence-corrected chi connectivity index (χ2v) is 5.72. The fraction of sp³-hybridized carbons (Fsp3) is 0.647. The predicted octanol–water partition coefficient (Wildman–Crippen LogP) is 5.17. The molecule has 0 aromatic heterocycles. The normalized spacial score (nSPS) is 22.6. The second kappa shape index (κ2) is 7.78. The smallest absolute Gasteiger partial charge is 0.161 e. The van der Waals surface area contributed by atoms with Crippen LogP contribution in [-0.2, 0) is 5.88 Å². The zero-order valence-corrected chi connectivity index (χ0v) is 13.3. The van der Waals surface area contributed by atoms with E-state index < -0.39 is 0 Å². The first-order valence-electron chi connectivity index (χ1n) is 7.76. The van der Waals surface area contributed by atoms with Gasteiger partial charge in [-0.05, 0) is 56.2 Å². The lowest BCUT2D eigenvalue weighted by molar-refractivity contribution is 0.0865. The fourth-order valence-corrected chi connectivity index (χ4v) is 3.13. The first-order chi connectivity index (χ1) is 9.78. The van der Waals surface area contributed by atoms with Crippen LogP contribution in [0.25, 0.3) is 0 Å². The van der Waals surface area contributed by atoms with E-state index >= 15 is 0 Å². The average Bonchev–Trinajstić information content (AvgIpc) is 2.49. The van der Waals surface area contributed by atoms with E-state index in [1.54, 1.807) is 0 Å². The number of halogens is 1. The van der Waals surface area contributed by atoms with Crippen LogP contribution in [0.3, 0.4) is 0 Å². The summed E-state index contributed by atoms with van der Waals surface area (Å²) >= 11 is 5.89. The highest BCUT2D eigenvalue weighted by molar-refractivity contribution is 6.17. The summed E-state index contributed by atoms with van der Waals surface area (Å²) in [7, 11) is 0. The maximum absolute atomic E-state index is 6.27. The van der Waals surface area contributed by atoms with Gasteiger partial charge >= 0.3 is 0 Å². The van der Waals surface area contributed by atoms with Gasteiger partial charge < -0.3 is 9.47 Å². The maximum Gasteiger partial charge on any atom is 0.161 e. The average molecular weight is 297 g/mol. The number of rotatable bonds is 6. The molecule has 112 valence electrons. The second-order valence-electron chi connectivity index (χ2n) is 5.46. The highest BCUT2D eigenvalue weighted by atomic mass is 35.5. The van der Waals surface area contributed by atoms with E-state index in [1.165, 1.54) is 25.7 Å². The number of benzene rings is 1. The Morgan fingerprint density at radius 2 is 1.95 bits per heavy atom. The Bertz CT molecular complexity index is 419. The van der Waals surface area contributed by atoms with Crippen molar-refractivity contribution in [3.05, 3.63) is 23.8 Å². The Labute approximate surface area is 127 Å². The minimum Gasteiger partial charge on any atom is -0.490 e. The van der Waals surface area contributed by atoms with Crippen LogP contribution in [0.4, 0.5) is 0 Å². The quantitative estimate of drug-likeness (QED) is 0.674. The highest BCUT2D eigenvalue weighted by Gasteiger charge is 2.26. The van der Waals surface area contributed by atoms with Crippen LogP contribution >= 0.6 is 11.6 Å². The molecule has 2 nitrogen and oxygen atoms in total. The molecule has 2 rings (SSSR count). The Morgan fingerprint density at radius 1 is 1.15 bits per heavy atom. The molecule has 0 saturated heterocycles. The summed E-state index contributed by atoms with van der Waals surface area (Å²) in [6.07, 6.45) is 6.56. The molecule has 0 spiro atoms. The lowest BCUT2D eigenvalue weighted by Gasteiger charge is -2.31. The molecule has 20 heavy (non-hydrogen) atoms. The Balaban J connectivity index is 2.14. The van der Waals surface area contributed by atoms with E-state index in [0.717, 1.165) is 23.5 Å². The van der Waals surface area contributed by atoms with E-state index in [2.05, 4.69) is 6.92 Å². The van der Waals surface area contributed by atoms with Crippen LogP contribution in [-0.4, -0.2) is 12.7 Å². The topological polar surface area (TPSA) is 18.5 Å². The third kappa shape index (κ3) is 3.82. The summed E-state index contributed by atoms with van der Waals surface area (Å²) in [6, 6.07) is 6.02. The molecule has 0 heterocycles. The minimum atomic E-state index is 0.329. The highest BCUT2D eigenvalue weighted by Crippen LogP contribution is 2.35. The SMILES string of the molecule is CCOc1cc(CCl)ccc1OC1CCCCC1CC. The van der Waals surface area contributed by atoms with Crippen molar-refractivity contribution in [2.75, 3.05) is 6.61 Å². The van der Waals surface area contributed by atoms with Crippen molar-refractivity contribution in [3.63, 3.8) is 0 Å². The number of hydrogen-bond acceptors (Lipinski definition) is 2. The van der Waals surface area contributed by atoms with E-state index in [1.807, 2.05) is 25.1 Å². The molecule has 1 aromatic rings. The number of alkyl halides is 1. The van der Waals surface area contributed by atoms with Crippen molar-refractivity contribution in [1.82, 2.24) is 0 Å². The molecule has 0 amide bonds. The molecule has 0 N–H and O–H groups in total. The summed E-state index contributed by atoms with van der Waals surface area (Å²) in [5.74, 6) is 2.87. The summed E-state index contributed by atoms with van der Waals surface area (Å²) < 4.78 is 12.0. The van der Waals surface area contributed by atoms with E-state index in [-0.39, 0.29) is 0 Å². The van der Waals surface area contributed by atoms with Crippen molar-refractivity contribution in [1.29, 1.82) is 0 Å². The molecular weight excluding hydrogens is 272 g/mol. The molecule has 2 atom stereocenters. The van der Waals surface area contributed by atoms with Gasteiger partial charge in [0.05, 0.1) is 6.61 Å².